The first kappa shape index (κ1) is 19.6. The largest absolute Gasteiger partial charge is 0.493 e. The minimum absolute atomic E-state index is 0.00431. The predicted octanol–water partition coefficient (Wildman–Crippen LogP) is 3.83. The van der Waals surface area contributed by atoms with E-state index in [1.807, 2.05) is 0 Å². The van der Waals surface area contributed by atoms with E-state index in [0.717, 1.165) is 12.8 Å². The Kier molecular flexibility index (Phi) is 4.91. The molecule has 3 N–H and O–H groups in total. The van der Waals surface area contributed by atoms with Crippen molar-refractivity contribution in [1.29, 1.82) is 0 Å². The summed E-state index contributed by atoms with van der Waals surface area (Å²) in [7, 11) is 0. The number of pyridine rings is 2. The van der Waals surface area contributed by atoms with Gasteiger partial charge in [0.1, 0.15) is 22.8 Å². The van der Waals surface area contributed by atoms with Gasteiger partial charge in [-0.25, -0.2) is 9.97 Å². The van der Waals surface area contributed by atoms with E-state index in [0.29, 0.717) is 28.7 Å². The maximum absolute atomic E-state index is 12.3. The molecule has 9 heteroatoms. The highest BCUT2D eigenvalue weighted by atomic mass is 16.5. The molecule has 1 fully saturated rings. The number of hydrogen-bond donors (Lipinski definition) is 3. The highest BCUT2D eigenvalue weighted by Crippen LogP contribution is 2.30. The van der Waals surface area contributed by atoms with Gasteiger partial charge in [-0.2, -0.15) is 0 Å². The molecule has 1 aromatic carbocycles. The number of anilines is 2. The molecule has 3 heterocycles. The van der Waals surface area contributed by atoms with E-state index in [1.54, 1.807) is 59.3 Å². The third-order valence-corrected chi connectivity index (χ3v) is 4.92. The first-order chi connectivity index (χ1) is 15.5. The Bertz CT molecular complexity index is 1330. The number of carbonyl (C=O) groups is 2. The second-order valence-electron chi connectivity index (χ2n) is 7.48. The quantitative estimate of drug-likeness (QED) is 0.429. The number of fused-ring (bicyclic) bond motifs is 1. The summed E-state index contributed by atoms with van der Waals surface area (Å²) in [4.78, 5) is 32.5. The number of aromatic nitrogens is 3. The third kappa shape index (κ3) is 4.36. The van der Waals surface area contributed by atoms with Crippen LogP contribution in [0.4, 0.5) is 11.5 Å². The van der Waals surface area contributed by atoms with Crippen LogP contribution in [0.1, 0.15) is 23.3 Å². The van der Waals surface area contributed by atoms with Crippen molar-refractivity contribution in [2.45, 2.75) is 12.8 Å². The average Bonchev–Trinajstić information content (AvgIpc) is 3.55. The topological polar surface area (TPSA) is 118 Å². The average molecular weight is 429 g/mol. The van der Waals surface area contributed by atoms with Crippen LogP contribution in [0, 0.1) is 5.92 Å². The number of nitrogens with one attached hydrogen (secondary N) is 2. The van der Waals surface area contributed by atoms with E-state index in [-0.39, 0.29) is 23.4 Å². The van der Waals surface area contributed by atoms with Gasteiger partial charge in [0.25, 0.3) is 5.91 Å². The number of imidazole rings is 1. The van der Waals surface area contributed by atoms with E-state index in [9.17, 15) is 14.7 Å². The van der Waals surface area contributed by atoms with Gasteiger partial charge in [0.15, 0.2) is 5.82 Å². The van der Waals surface area contributed by atoms with Gasteiger partial charge in [0.2, 0.25) is 11.8 Å². The lowest BCUT2D eigenvalue weighted by molar-refractivity contribution is -0.117. The van der Waals surface area contributed by atoms with Gasteiger partial charge in [-0.15, -0.1) is 0 Å². The van der Waals surface area contributed by atoms with E-state index >= 15 is 0 Å². The molecule has 0 atom stereocenters. The molecule has 0 spiro atoms. The minimum Gasteiger partial charge on any atom is -0.493 e. The van der Waals surface area contributed by atoms with Gasteiger partial charge in [0.05, 0.1) is 12.4 Å². The summed E-state index contributed by atoms with van der Waals surface area (Å²) in [5, 5.41) is 15.0. The number of aromatic hydroxyl groups is 1. The van der Waals surface area contributed by atoms with E-state index in [2.05, 4.69) is 20.6 Å². The Hall–Kier alpha value is -4.40. The molecule has 5 rings (SSSR count). The van der Waals surface area contributed by atoms with Crippen molar-refractivity contribution >= 4 is 29.0 Å². The maximum Gasteiger partial charge on any atom is 0.274 e. The molecule has 1 aliphatic carbocycles. The van der Waals surface area contributed by atoms with Gasteiger partial charge in [0, 0.05) is 23.7 Å². The molecule has 0 bridgehead atoms. The number of nitrogens with zero attached hydrogens (tertiary/aromatic N) is 3. The van der Waals surface area contributed by atoms with Crippen molar-refractivity contribution in [3.8, 4) is 17.4 Å². The number of amides is 2. The second-order valence-corrected chi connectivity index (χ2v) is 7.48. The Morgan fingerprint density at radius 2 is 1.81 bits per heavy atom. The number of benzene rings is 1. The standard InChI is InChI=1S/C23H19N5O4/c29-21-6-2-5-18(25-21)23(31)24-15-3-1-4-16(11-15)32-17-9-10-20-26-19(13-28(20)12-17)27-22(30)14-7-8-14/h1-6,9-14H,7-8H2,(H,24,31)(H,25,29)(H,27,30). The van der Waals surface area contributed by atoms with Crippen LogP contribution in [-0.2, 0) is 4.79 Å². The Labute approximate surface area is 182 Å². The van der Waals surface area contributed by atoms with Crippen LogP contribution in [0.25, 0.3) is 5.65 Å². The molecule has 0 saturated heterocycles. The van der Waals surface area contributed by atoms with E-state index in [1.165, 1.54) is 12.1 Å². The fourth-order valence-corrected chi connectivity index (χ4v) is 3.18. The fraction of sp³-hybridized carbons (Fsp3) is 0.130. The summed E-state index contributed by atoms with van der Waals surface area (Å²) in [6.07, 6.45) is 5.36. The zero-order valence-corrected chi connectivity index (χ0v) is 16.9. The maximum atomic E-state index is 12.3. The van der Waals surface area contributed by atoms with Crippen LogP contribution in [0.5, 0.6) is 17.4 Å². The Morgan fingerprint density at radius 3 is 2.62 bits per heavy atom. The first-order valence-electron chi connectivity index (χ1n) is 10.1. The summed E-state index contributed by atoms with van der Waals surface area (Å²) in [6, 6.07) is 14.9. The first-order valence-corrected chi connectivity index (χ1v) is 10.1. The molecule has 0 radical (unpaired) electrons. The van der Waals surface area contributed by atoms with Crippen molar-refractivity contribution < 1.29 is 19.4 Å². The zero-order valence-electron chi connectivity index (χ0n) is 16.9. The number of rotatable bonds is 6. The van der Waals surface area contributed by atoms with Crippen molar-refractivity contribution in [3.05, 3.63) is 72.7 Å². The molecular weight excluding hydrogens is 410 g/mol. The molecule has 160 valence electrons. The van der Waals surface area contributed by atoms with Gasteiger partial charge >= 0.3 is 0 Å². The summed E-state index contributed by atoms with van der Waals surface area (Å²) in [5.41, 5.74) is 1.31. The fourth-order valence-electron chi connectivity index (χ4n) is 3.18. The molecule has 0 aliphatic heterocycles. The van der Waals surface area contributed by atoms with Crippen LogP contribution < -0.4 is 15.4 Å². The predicted molar refractivity (Wildman–Crippen MR) is 117 cm³/mol. The summed E-state index contributed by atoms with van der Waals surface area (Å²) in [5.74, 6) is 1.03. The smallest absolute Gasteiger partial charge is 0.274 e. The highest BCUT2D eigenvalue weighted by molar-refractivity contribution is 6.03. The van der Waals surface area contributed by atoms with Crippen LogP contribution in [-0.4, -0.2) is 31.3 Å². The molecule has 0 unspecified atom stereocenters. The van der Waals surface area contributed by atoms with E-state index < -0.39 is 5.91 Å². The summed E-state index contributed by atoms with van der Waals surface area (Å²) in [6.45, 7) is 0. The minimum atomic E-state index is -0.446. The van der Waals surface area contributed by atoms with E-state index in [4.69, 9.17) is 4.74 Å². The molecule has 9 nitrogen and oxygen atoms in total. The van der Waals surface area contributed by atoms with Gasteiger partial charge in [-0.05, 0) is 43.2 Å². The number of carbonyl (C=O) groups excluding carboxylic acids is 2. The molecule has 3 aromatic heterocycles. The highest BCUT2D eigenvalue weighted by Gasteiger charge is 2.30. The van der Waals surface area contributed by atoms with Gasteiger partial charge in [-0.1, -0.05) is 12.1 Å². The SMILES string of the molecule is O=C(Nc1cccc(Oc2ccc3nc(NC(=O)C4CC4)cn3c2)c1)c1cccc(O)n1. The van der Waals surface area contributed by atoms with Crippen LogP contribution in [0.2, 0.25) is 0 Å². The monoisotopic (exact) mass is 429 g/mol. The normalized spacial score (nSPS) is 13.0. The third-order valence-electron chi connectivity index (χ3n) is 4.92. The lowest BCUT2D eigenvalue weighted by Gasteiger charge is -2.09. The lowest BCUT2D eigenvalue weighted by Crippen LogP contribution is -2.13. The van der Waals surface area contributed by atoms with Crippen LogP contribution in [0.15, 0.2) is 67.0 Å². The second kappa shape index (κ2) is 8.03. The molecular formula is C23H19N5O4. The molecule has 1 saturated carbocycles. The Morgan fingerprint density at radius 1 is 0.969 bits per heavy atom. The van der Waals surface area contributed by atoms with Crippen molar-refractivity contribution in [1.82, 2.24) is 14.4 Å². The van der Waals surface area contributed by atoms with Crippen molar-refractivity contribution in [3.63, 3.8) is 0 Å². The molecule has 1 aliphatic rings. The van der Waals surface area contributed by atoms with Crippen molar-refractivity contribution in [2.24, 2.45) is 5.92 Å². The number of ether oxygens (including phenoxy) is 1. The summed E-state index contributed by atoms with van der Waals surface area (Å²) < 4.78 is 7.70. The van der Waals surface area contributed by atoms with Gasteiger partial charge in [-0.3, -0.25) is 9.59 Å². The van der Waals surface area contributed by atoms with Crippen LogP contribution in [0.3, 0.4) is 0 Å². The lowest BCUT2D eigenvalue weighted by atomic mass is 10.2. The number of hydrogen-bond acceptors (Lipinski definition) is 6. The van der Waals surface area contributed by atoms with Crippen LogP contribution >= 0.6 is 0 Å². The summed E-state index contributed by atoms with van der Waals surface area (Å²) >= 11 is 0. The molecule has 4 aromatic rings. The molecule has 32 heavy (non-hydrogen) atoms. The van der Waals surface area contributed by atoms with Gasteiger partial charge < -0.3 is 24.9 Å². The zero-order chi connectivity index (χ0) is 22.1. The van der Waals surface area contributed by atoms with Crippen molar-refractivity contribution in [2.75, 3.05) is 10.6 Å². The molecule has 2 amide bonds. The Balaban J connectivity index is 1.29.